The molecular formula is C8H9ClN5O3-. The maximum Gasteiger partial charge on any atom is 0.348 e. The van der Waals surface area contributed by atoms with Crippen molar-refractivity contribution in [1.29, 1.82) is 0 Å². The number of aliphatic imine (C=N–C) groups is 1. The molecule has 8 nitrogen and oxygen atoms in total. The monoisotopic (exact) mass is 258 g/mol. The fraction of sp³-hybridized carbons (Fsp3) is 0. The highest BCUT2D eigenvalue weighted by molar-refractivity contribution is 5.98. The number of nitrogens with two attached hydrogens (primary N) is 2. The number of anilines is 1. The van der Waals surface area contributed by atoms with Crippen LogP contribution in [0.3, 0.4) is 0 Å². The van der Waals surface area contributed by atoms with E-state index in [0.29, 0.717) is 5.69 Å². The Morgan fingerprint density at radius 2 is 1.82 bits per heavy atom. The van der Waals surface area contributed by atoms with Crippen LogP contribution in [0, 0.1) is 10.1 Å². The Kier molecular flexibility index (Phi) is 5.41. The minimum Gasteiger partial charge on any atom is -1.00 e. The molecule has 2 amide bonds. The number of nitro benzene ring substituents is 1. The number of carbonyl (C=O) groups excluding carboxylic acids is 1. The smallest absolute Gasteiger partial charge is 0.348 e. The maximum atomic E-state index is 11.0. The molecule has 0 aliphatic rings. The van der Waals surface area contributed by atoms with Gasteiger partial charge in [-0.2, -0.15) is 4.99 Å². The maximum absolute atomic E-state index is 11.0. The predicted molar refractivity (Wildman–Crippen MR) is 57.9 cm³/mol. The molecule has 0 saturated heterocycles. The molecule has 0 spiro atoms. The van der Waals surface area contributed by atoms with Gasteiger partial charge in [0, 0.05) is 17.8 Å². The second-order valence-electron chi connectivity index (χ2n) is 2.77. The first-order chi connectivity index (χ1) is 7.49. The standard InChI is InChI=1S/C8H9N5O3.ClH/c9-7(10)12-8(14)11-5-1-3-6(4-2-5)13(15)16;/h1-4H,(H5,9,10,11,12,14);1H/p-1. The molecule has 0 unspecified atom stereocenters. The van der Waals surface area contributed by atoms with Crippen LogP contribution in [-0.4, -0.2) is 16.9 Å². The van der Waals surface area contributed by atoms with Gasteiger partial charge in [0.1, 0.15) is 0 Å². The fourth-order valence-corrected chi connectivity index (χ4v) is 0.935. The minimum absolute atomic E-state index is 0. The number of nitrogens with one attached hydrogen (secondary N) is 1. The van der Waals surface area contributed by atoms with E-state index in [0.717, 1.165) is 0 Å². The van der Waals surface area contributed by atoms with E-state index in [1.54, 1.807) is 0 Å². The van der Waals surface area contributed by atoms with Gasteiger partial charge < -0.3 is 29.2 Å². The quantitative estimate of drug-likeness (QED) is 0.231. The molecule has 1 aromatic carbocycles. The number of rotatable bonds is 2. The van der Waals surface area contributed by atoms with E-state index in [2.05, 4.69) is 10.3 Å². The lowest BCUT2D eigenvalue weighted by Gasteiger charge is -2.00. The molecule has 1 aromatic rings. The van der Waals surface area contributed by atoms with Gasteiger partial charge in [-0.25, -0.2) is 4.79 Å². The number of nitrogens with zero attached hydrogens (tertiary/aromatic N) is 2. The van der Waals surface area contributed by atoms with Crippen LogP contribution in [0.15, 0.2) is 29.3 Å². The normalized spacial score (nSPS) is 8.71. The van der Waals surface area contributed by atoms with Crippen molar-refractivity contribution in [2.45, 2.75) is 0 Å². The van der Waals surface area contributed by atoms with Gasteiger partial charge in [-0.3, -0.25) is 10.1 Å². The summed E-state index contributed by atoms with van der Waals surface area (Å²) in [6, 6.07) is 4.51. The first-order valence-corrected chi connectivity index (χ1v) is 4.14. The Balaban J connectivity index is 0.00000256. The number of benzene rings is 1. The Labute approximate surface area is 102 Å². The fourth-order valence-electron chi connectivity index (χ4n) is 0.935. The lowest BCUT2D eigenvalue weighted by Crippen LogP contribution is -3.00. The molecule has 9 heteroatoms. The van der Waals surface area contributed by atoms with Crippen molar-refractivity contribution >= 4 is 23.4 Å². The van der Waals surface area contributed by atoms with Gasteiger partial charge in [0.2, 0.25) is 0 Å². The first-order valence-electron chi connectivity index (χ1n) is 4.14. The molecule has 0 fully saturated rings. The molecule has 0 heterocycles. The lowest BCUT2D eigenvalue weighted by atomic mass is 10.3. The van der Waals surface area contributed by atoms with Crippen molar-refractivity contribution in [2.24, 2.45) is 16.5 Å². The van der Waals surface area contributed by atoms with Crippen LogP contribution in [0.1, 0.15) is 0 Å². The molecule has 0 atom stereocenters. The Morgan fingerprint density at radius 1 is 1.29 bits per heavy atom. The van der Waals surface area contributed by atoms with E-state index in [1.165, 1.54) is 24.3 Å². The van der Waals surface area contributed by atoms with Crippen LogP contribution in [0.25, 0.3) is 0 Å². The summed E-state index contributed by atoms with van der Waals surface area (Å²) in [5.41, 5.74) is 10.3. The van der Waals surface area contributed by atoms with Crippen molar-refractivity contribution in [2.75, 3.05) is 5.32 Å². The zero-order chi connectivity index (χ0) is 12.1. The predicted octanol–water partition coefficient (Wildman–Crippen LogP) is -2.60. The highest BCUT2D eigenvalue weighted by atomic mass is 35.5. The molecule has 0 bridgehead atoms. The molecule has 0 aliphatic carbocycles. The summed E-state index contributed by atoms with van der Waals surface area (Å²) < 4.78 is 0. The summed E-state index contributed by atoms with van der Waals surface area (Å²) in [7, 11) is 0. The average molecular weight is 259 g/mol. The second kappa shape index (κ2) is 6.28. The van der Waals surface area contributed by atoms with Gasteiger partial charge in [0.05, 0.1) is 4.92 Å². The van der Waals surface area contributed by atoms with Crippen molar-refractivity contribution in [3.8, 4) is 0 Å². The van der Waals surface area contributed by atoms with Crippen LogP contribution in [-0.2, 0) is 0 Å². The van der Waals surface area contributed by atoms with Crippen LogP contribution in [0.5, 0.6) is 0 Å². The third-order valence-corrected chi connectivity index (χ3v) is 1.56. The number of non-ortho nitro benzene ring substituents is 1. The largest absolute Gasteiger partial charge is 1.00 e. The van der Waals surface area contributed by atoms with Crippen LogP contribution in [0.4, 0.5) is 16.2 Å². The van der Waals surface area contributed by atoms with E-state index >= 15 is 0 Å². The van der Waals surface area contributed by atoms with Crippen molar-refractivity contribution in [3.05, 3.63) is 34.4 Å². The topological polar surface area (TPSA) is 137 Å². The van der Waals surface area contributed by atoms with Crippen LogP contribution < -0.4 is 29.2 Å². The third-order valence-electron chi connectivity index (χ3n) is 1.56. The summed E-state index contributed by atoms with van der Waals surface area (Å²) >= 11 is 0. The third kappa shape index (κ3) is 4.80. The van der Waals surface area contributed by atoms with Gasteiger partial charge in [-0.1, -0.05) is 0 Å². The molecular weight excluding hydrogens is 250 g/mol. The molecule has 1 rings (SSSR count). The van der Waals surface area contributed by atoms with E-state index in [4.69, 9.17) is 11.5 Å². The summed E-state index contributed by atoms with van der Waals surface area (Å²) in [4.78, 5) is 24.1. The van der Waals surface area contributed by atoms with E-state index in [9.17, 15) is 14.9 Å². The second-order valence-corrected chi connectivity index (χ2v) is 2.77. The number of hydrogen-bond acceptors (Lipinski definition) is 3. The highest BCUT2D eigenvalue weighted by Crippen LogP contribution is 2.15. The van der Waals surface area contributed by atoms with Crippen molar-refractivity contribution < 1.29 is 22.1 Å². The van der Waals surface area contributed by atoms with Gasteiger partial charge in [0.25, 0.3) is 5.69 Å². The van der Waals surface area contributed by atoms with Gasteiger partial charge in [-0.15, -0.1) is 0 Å². The number of amides is 2. The number of guanidine groups is 1. The first kappa shape index (κ1) is 14.6. The zero-order valence-electron chi connectivity index (χ0n) is 8.46. The molecule has 0 aromatic heterocycles. The molecule has 5 N–H and O–H groups in total. The number of urea groups is 1. The molecule has 92 valence electrons. The molecule has 0 radical (unpaired) electrons. The average Bonchev–Trinajstić information content (AvgIpc) is 2.16. The van der Waals surface area contributed by atoms with E-state index in [1.807, 2.05) is 0 Å². The molecule has 17 heavy (non-hydrogen) atoms. The van der Waals surface area contributed by atoms with E-state index in [-0.39, 0.29) is 24.1 Å². The van der Waals surface area contributed by atoms with Crippen LogP contribution >= 0.6 is 0 Å². The van der Waals surface area contributed by atoms with Gasteiger partial charge >= 0.3 is 6.03 Å². The van der Waals surface area contributed by atoms with E-state index < -0.39 is 11.0 Å². The van der Waals surface area contributed by atoms with Gasteiger partial charge in [-0.05, 0) is 12.1 Å². The van der Waals surface area contributed by atoms with Gasteiger partial charge in [0.15, 0.2) is 5.96 Å². The molecule has 0 aliphatic heterocycles. The molecule has 0 saturated carbocycles. The SMILES string of the molecule is NC(N)=NC(=O)Nc1ccc([N+](=O)[O-])cc1.[Cl-]. The summed E-state index contributed by atoms with van der Waals surface area (Å²) in [5.74, 6) is -0.362. The summed E-state index contributed by atoms with van der Waals surface area (Å²) in [6.45, 7) is 0. The Hall–Kier alpha value is -2.35. The van der Waals surface area contributed by atoms with Crippen molar-refractivity contribution in [3.63, 3.8) is 0 Å². The minimum atomic E-state index is -0.742. The number of halogens is 1. The Morgan fingerprint density at radius 3 is 2.24 bits per heavy atom. The van der Waals surface area contributed by atoms with Crippen LogP contribution in [0.2, 0.25) is 0 Å². The number of hydrogen-bond donors (Lipinski definition) is 3. The Bertz CT molecular complexity index is 441. The number of nitro groups is 1. The lowest BCUT2D eigenvalue weighted by molar-refractivity contribution is -0.384. The summed E-state index contributed by atoms with van der Waals surface area (Å²) in [5, 5.41) is 12.7. The number of carbonyl (C=O) groups is 1. The highest BCUT2D eigenvalue weighted by Gasteiger charge is 2.05. The zero-order valence-corrected chi connectivity index (χ0v) is 9.22. The van der Waals surface area contributed by atoms with Crippen molar-refractivity contribution in [1.82, 2.24) is 0 Å². The summed E-state index contributed by atoms with van der Waals surface area (Å²) in [6.07, 6.45) is 0.